The molecular weight excluding hydrogens is 298 g/mol. The average Bonchev–Trinajstić information content (AvgIpc) is 3.01. The Balaban J connectivity index is 1.80. The van der Waals surface area contributed by atoms with Crippen LogP contribution in [0.3, 0.4) is 0 Å². The van der Waals surface area contributed by atoms with Gasteiger partial charge in [-0.05, 0) is 23.8 Å². The van der Waals surface area contributed by atoms with Crippen LogP contribution in [0.4, 0.5) is 5.13 Å². The van der Waals surface area contributed by atoms with Gasteiger partial charge in [-0.1, -0.05) is 29.2 Å². The van der Waals surface area contributed by atoms with Gasteiger partial charge in [0, 0.05) is 11.1 Å². The number of thioether (sulfide) groups is 1. The van der Waals surface area contributed by atoms with Crippen molar-refractivity contribution in [1.29, 1.82) is 0 Å². The number of carboxylic acid groups (broad SMARTS) is 1. The molecule has 3 aromatic rings. The number of nitrogens with zero attached hydrogens (tertiary/aromatic N) is 2. The Morgan fingerprint density at radius 3 is 2.95 bits per heavy atom. The number of rotatable bonds is 4. The van der Waals surface area contributed by atoms with Crippen LogP contribution in [-0.2, 0) is 5.75 Å². The molecule has 0 aliphatic rings. The molecule has 20 heavy (non-hydrogen) atoms. The fourth-order valence-electron chi connectivity index (χ4n) is 1.71. The molecule has 0 aliphatic heterocycles. The Labute approximate surface area is 121 Å². The van der Waals surface area contributed by atoms with E-state index in [9.17, 15) is 4.79 Å². The molecule has 2 aromatic heterocycles. The number of furan rings is 1. The summed E-state index contributed by atoms with van der Waals surface area (Å²) in [6.07, 6.45) is 0. The van der Waals surface area contributed by atoms with Crippen LogP contribution in [0.1, 0.15) is 16.1 Å². The van der Waals surface area contributed by atoms with E-state index in [0.29, 0.717) is 16.5 Å². The number of carbonyl (C=O) groups is 1. The molecule has 3 rings (SSSR count). The highest BCUT2D eigenvalue weighted by atomic mass is 32.2. The monoisotopic (exact) mass is 307 g/mol. The molecule has 8 heteroatoms. The third kappa shape index (κ3) is 2.61. The first kappa shape index (κ1) is 12.9. The predicted octanol–water partition coefficient (Wildman–Crippen LogP) is 2.86. The molecule has 0 amide bonds. The van der Waals surface area contributed by atoms with Gasteiger partial charge in [-0.2, -0.15) is 0 Å². The number of hydrogen-bond acceptors (Lipinski definition) is 7. The third-order valence-electron chi connectivity index (χ3n) is 2.58. The summed E-state index contributed by atoms with van der Waals surface area (Å²) in [6.45, 7) is 0. The smallest absolute Gasteiger partial charge is 0.371 e. The molecule has 0 unspecified atom stereocenters. The van der Waals surface area contributed by atoms with Crippen molar-refractivity contribution in [2.45, 2.75) is 10.1 Å². The Morgan fingerprint density at radius 1 is 1.40 bits per heavy atom. The van der Waals surface area contributed by atoms with E-state index < -0.39 is 5.97 Å². The lowest BCUT2D eigenvalue weighted by Crippen LogP contribution is -1.91. The molecule has 0 saturated heterocycles. The quantitative estimate of drug-likeness (QED) is 0.714. The Hall–Kier alpha value is -2.06. The highest BCUT2D eigenvalue weighted by molar-refractivity contribution is 8.00. The maximum atomic E-state index is 10.8. The minimum Gasteiger partial charge on any atom is -0.475 e. The molecule has 0 saturated carbocycles. The zero-order chi connectivity index (χ0) is 14.1. The standard InChI is InChI=1S/C12H9N3O3S2/c13-11-14-15-12(20-11)19-5-6-1-2-8-7(3-6)4-9(18-8)10(16)17/h1-4H,5H2,(H2,13,14)(H,16,17). The van der Waals surface area contributed by atoms with Crippen molar-refractivity contribution in [2.75, 3.05) is 5.73 Å². The van der Waals surface area contributed by atoms with E-state index in [1.165, 1.54) is 29.2 Å². The molecule has 0 fully saturated rings. The van der Waals surface area contributed by atoms with Crippen LogP contribution in [0, 0.1) is 0 Å². The Kier molecular flexibility index (Phi) is 3.33. The lowest BCUT2D eigenvalue weighted by atomic mass is 10.2. The minimum absolute atomic E-state index is 0.0540. The summed E-state index contributed by atoms with van der Waals surface area (Å²) in [5.74, 6) is -0.416. The van der Waals surface area contributed by atoms with E-state index in [0.717, 1.165) is 15.3 Å². The van der Waals surface area contributed by atoms with Crippen molar-refractivity contribution in [2.24, 2.45) is 0 Å². The molecule has 2 heterocycles. The van der Waals surface area contributed by atoms with Gasteiger partial charge in [0.1, 0.15) is 5.58 Å². The van der Waals surface area contributed by atoms with Gasteiger partial charge in [0.2, 0.25) is 10.9 Å². The maximum absolute atomic E-state index is 10.8. The largest absolute Gasteiger partial charge is 0.475 e. The number of carboxylic acids is 1. The molecule has 1 aromatic carbocycles. The molecule has 3 N–H and O–H groups in total. The van der Waals surface area contributed by atoms with Gasteiger partial charge in [0.25, 0.3) is 0 Å². The van der Waals surface area contributed by atoms with Crippen LogP contribution in [0.15, 0.2) is 33.0 Å². The van der Waals surface area contributed by atoms with Crippen molar-refractivity contribution < 1.29 is 14.3 Å². The summed E-state index contributed by atoms with van der Waals surface area (Å²) >= 11 is 2.87. The number of fused-ring (bicyclic) bond motifs is 1. The van der Waals surface area contributed by atoms with Crippen LogP contribution >= 0.6 is 23.1 Å². The van der Waals surface area contributed by atoms with E-state index in [-0.39, 0.29) is 5.76 Å². The second-order valence-corrected chi connectivity index (χ2v) is 6.21. The summed E-state index contributed by atoms with van der Waals surface area (Å²) in [5.41, 5.74) is 7.13. The molecular formula is C12H9N3O3S2. The lowest BCUT2D eigenvalue weighted by Gasteiger charge is -1.98. The number of nitrogen functional groups attached to an aromatic ring is 1. The number of benzene rings is 1. The summed E-state index contributed by atoms with van der Waals surface area (Å²) in [7, 11) is 0. The average molecular weight is 307 g/mol. The summed E-state index contributed by atoms with van der Waals surface area (Å²) in [5, 5.41) is 17.8. The number of nitrogens with two attached hydrogens (primary N) is 1. The molecule has 0 atom stereocenters. The number of aromatic nitrogens is 2. The van der Waals surface area contributed by atoms with Gasteiger partial charge in [0.05, 0.1) is 0 Å². The summed E-state index contributed by atoms with van der Waals surface area (Å²) < 4.78 is 6.01. The van der Waals surface area contributed by atoms with Crippen molar-refractivity contribution in [3.8, 4) is 0 Å². The number of anilines is 1. The number of aromatic carboxylic acids is 1. The van der Waals surface area contributed by atoms with Crippen molar-refractivity contribution in [3.63, 3.8) is 0 Å². The number of hydrogen-bond donors (Lipinski definition) is 2. The van der Waals surface area contributed by atoms with Gasteiger partial charge in [0.15, 0.2) is 4.34 Å². The van der Waals surface area contributed by atoms with Crippen LogP contribution in [-0.4, -0.2) is 21.3 Å². The summed E-state index contributed by atoms with van der Waals surface area (Å²) in [6, 6.07) is 7.10. The highest BCUT2D eigenvalue weighted by Gasteiger charge is 2.11. The highest BCUT2D eigenvalue weighted by Crippen LogP contribution is 2.28. The fraction of sp³-hybridized carbons (Fsp3) is 0.0833. The lowest BCUT2D eigenvalue weighted by molar-refractivity contribution is 0.0665. The van der Waals surface area contributed by atoms with Gasteiger partial charge in [-0.3, -0.25) is 0 Å². The second-order valence-electron chi connectivity index (χ2n) is 3.98. The van der Waals surface area contributed by atoms with Gasteiger partial charge in [-0.15, -0.1) is 10.2 Å². The topological polar surface area (TPSA) is 102 Å². The first-order valence-corrected chi connectivity index (χ1v) is 7.39. The second kappa shape index (κ2) is 5.14. The summed E-state index contributed by atoms with van der Waals surface area (Å²) in [4.78, 5) is 10.8. The Bertz CT molecular complexity index is 781. The molecule has 0 bridgehead atoms. The molecule has 0 spiro atoms. The zero-order valence-corrected chi connectivity index (χ0v) is 11.7. The molecule has 102 valence electrons. The Morgan fingerprint density at radius 2 is 2.25 bits per heavy atom. The van der Waals surface area contributed by atoms with Gasteiger partial charge < -0.3 is 15.3 Å². The van der Waals surface area contributed by atoms with Crippen LogP contribution < -0.4 is 5.73 Å². The van der Waals surface area contributed by atoms with Gasteiger partial charge in [-0.25, -0.2) is 4.79 Å². The molecule has 0 aliphatic carbocycles. The molecule has 6 nitrogen and oxygen atoms in total. The minimum atomic E-state index is -1.07. The first-order valence-electron chi connectivity index (χ1n) is 5.59. The van der Waals surface area contributed by atoms with E-state index in [2.05, 4.69) is 10.2 Å². The third-order valence-corrected chi connectivity index (χ3v) is 4.53. The van der Waals surface area contributed by atoms with Gasteiger partial charge >= 0.3 is 5.97 Å². The van der Waals surface area contributed by atoms with Crippen molar-refractivity contribution in [1.82, 2.24) is 10.2 Å². The van der Waals surface area contributed by atoms with Crippen LogP contribution in [0.2, 0.25) is 0 Å². The predicted molar refractivity (Wildman–Crippen MR) is 77.1 cm³/mol. The normalized spacial score (nSPS) is 11.0. The zero-order valence-electron chi connectivity index (χ0n) is 10.1. The van der Waals surface area contributed by atoms with Crippen LogP contribution in [0.5, 0.6) is 0 Å². The maximum Gasteiger partial charge on any atom is 0.371 e. The van der Waals surface area contributed by atoms with Crippen molar-refractivity contribution >= 4 is 45.2 Å². The molecule has 0 radical (unpaired) electrons. The SMILES string of the molecule is Nc1nnc(SCc2ccc3oc(C(=O)O)cc3c2)s1. The van der Waals surface area contributed by atoms with E-state index in [1.807, 2.05) is 12.1 Å². The van der Waals surface area contributed by atoms with Crippen molar-refractivity contribution in [3.05, 3.63) is 35.6 Å². The first-order chi connectivity index (χ1) is 9.61. The van der Waals surface area contributed by atoms with Crippen LogP contribution in [0.25, 0.3) is 11.0 Å². The fourth-order valence-corrected chi connectivity index (χ4v) is 3.29. The van der Waals surface area contributed by atoms with E-state index >= 15 is 0 Å². The van der Waals surface area contributed by atoms with E-state index in [1.54, 1.807) is 6.07 Å². The van der Waals surface area contributed by atoms with E-state index in [4.69, 9.17) is 15.3 Å².